The lowest BCUT2D eigenvalue weighted by molar-refractivity contribution is 0.0919. The molecule has 0 unspecified atom stereocenters. The Morgan fingerprint density at radius 3 is 2.83 bits per heavy atom. The van der Waals surface area contributed by atoms with Gasteiger partial charge < -0.3 is 5.32 Å². The molecule has 0 radical (unpaired) electrons. The zero-order valence-corrected chi connectivity index (χ0v) is 10.9. The number of hydrogen-bond donors (Lipinski definition) is 1. The molecule has 0 saturated heterocycles. The van der Waals surface area contributed by atoms with Crippen molar-refractivity contribution >= 4 is 5.91 Å². The molecule has 0 aromatic carbocycles. The first-order valence-electron chi connectivity index (χ1n) is 6.36. The van der Waals surface area contributed by atoms with Gasteiger partial charge >= 0.3 is 0 Å². The summed E-state index contributed by atoms with van der Waals surface area (Å²) in [7, 11) is 1.80. The van der Waals surface area contributed by atoms with Crippen molar-refractivity contribution in [2.24, 2.45) is 7.05 Å². The van der Waals surface area contributed by atoms with Crippen molar-refractivity contribution in [3.8, 4) is 6.07 Å². The minimum atomic E-state index is -0.669. The first-order chi connectivity index (χ1) is 8.60. The van der Waals surface area contributed by atoms with Gasteiger partial charge in [0.2, 0.25) is 0 Å². The van der Waals surface area contributed by atoms with E-state index in [1.807, 2.05) is 6.92 Å². The third-order valence-corrected chi connectivity index (χ3v) is 3.51. The molecule has 1 aliphatic rings. The maximum absolute atomic E-state index is 12.2. The largest absolute Gasteiger partial charge is 0.334 e. The topological polar surface area (TPSA) is 70.7 Å². The molecule has 96 valence electrons. The number of nitrogens with one attached hydrogen (secondary N) is 1. The number of rotatable bonds is 3. The van der Waals surface area contributed by atoms with E-state index in [2.05, 4.69) is 16.5 Å². The van der Waals surface area contributed by atoms with Crippen molar-refractivity contribution in [2.45, 2.75) is 44.6 Å². The molecule has 0 bridgehead atoms. The van der Waals surface area contributed by atoms with Crippen molar-refractivity contribution in [3.63, 3.8) is 0 Å². The summed E-state index contributed by atoms with van der Waals surface area (Å²) in [6.45, 7) is 1.97. The Morgan fingerprint density at radius 2 is 2.28 bits per heavy atom. The Bertz CT molecular complexity index is 492. The second-order valence-corrected chi connectivity index (χ2v) is 4.87. The van der Waals surface area contributed by atoms with Crippen molar-refractivity contribution in [3.05, 3.63) is 17.5 Å². The third kappa shape index (κ3) is 2.23. The molecule has 0 atom stereocenters. The summed E-state index contributed by atoms with van der Waals surface area (Å²) in [4.78, 5) is 12.2. The van der Waals surface area contributed by atoms with Gasteiger partial charge in [-0.15, -0.1) is 0 Å². The number of amides is 1. The monoisotopic (exact) mass is 246 g/mol. The molecule has 0 aliphatic heterocycles. The average Bonchev–Trinajstić information content (AvgIpc) is 2.96. The van der Waals surface area contributed by atoms with Crippen LogP contribution in [0.4, 0.5) is 0 Å². The van der Waals surface area contributed by atoms with E-state index in [1.54, 1.807) is 17.9 Å². The summed E-state index contributed by atoms with van der Waals surface area (Å²) in [5.74, 6) is -0.177. The van der Waals surface area contributed by atoms with E-state index in [-0.39, 0.29) is 5.91 Å². The number of nitriles is 1. The van der Waals surface area contributed by atoms with Gasteiger partial charge in [-0.05, 0) is 32.1 Å². The fourth-order valence-electron chi connectivity index (χ4n) is 2.51. The molecule has 2 rings (SSSR count). The minimum Gasteiger partial charge on any atom is -0.334 e. The van der Waals surface area contributed by atoms with Gasteiger partial charge in [0.15, 0.2) is 0 Å². The van der Waals surface area contributed by atoms with Crippen LogP contribution in [-0.4, -0.2) is 21.2 Å². The zero-order chi connectivity index (χ0) is 13.2. The number of carbonyl (C=O) groups is 1. The van der Waals surface area contributed by atoms with Crippen LogP contribution in [0.15, 0.2) is 6.20 Å². The van der Waals surface area contributed by atoms with E-state index in [9.17, 15) is 10.1 Å². The highest BCUT2D eigenvalue weighted by Crippen LogP contribution is 2.29. The Kier molecular flexibility index (Phi) is 3.37. The lowest BCUT2D eigenvalue weighted by atomic mass is 9.99. The average molecular weight is 246 g/mol. The first-order valence-corrected chi connectivity index (χ1v) is 6.36. The van der Waals surface area contributed by atoms with Crippen LogP contribution in [0.5, 0.6) is 0 Å². The zero-order valence-electron chi connectivity index (χ0n) is 10.9. The van der Waals surface area contributed by atoms with Crippen LogP contribution in [-0.2, 0) is 13.5 Å². The normalized spacial score (nSPS) is 17.4. The number of hydrogen-bond acceptors (Lipinski definition) is 3. The standard InChI is InChI=1S/C13H18N4O/c1-3-11-10(8-17(2)16-11)12(18)15-13(9-14)6-4-5-7-13/h8H,3-7H2,1-2H3,(H,15,18). The summed E-state index contributed by atoms with van der Waals surface area (Å²) >= 11 is 0. The number of aryl methyl sites for hydroxylation is 2. The fourth-order valence-corrected chi connectivity index (χ4v) is 2.51. The Labute approximate surface area is 107 Å². The molecular weight excluding hydrogens is 228 g/mol. The molecule has 1 N–H and O–H groups in total. The molecule has 1 aromatic rings. The predicted molar refractivity (Wildman–Crippen MR) is 66.9 cm³/mol. The predicted octanol–water partition coefficient (Wildman–Crippen LogP) is 1.55. The van der Waals surface area contributed by atoms with Crippen LogP contribution >= 0.6 is 0 Å². The van der Waals surface area contributed by atoms with Crippen molar-refractivity contribution in [1.29, 1.82) is 5.26 Å². The Balaban J connectivity index is 2.19. The van der Waals surface area contributed by atoms with Gasteiger partial charge in [-0.1, -0.05) is 6.92 Å². The van der Waals surface area contributed by atoms with Gasteiger partial charge in [0.1, 0.15) is 5.54 Å². The lowest BCUT2D eigenvalue weighted by Gasteiger charge is -2.21. The van der Waals surface area contributed by atoms with Crippen LogP contribution in [0.3, 0.4) is 0 Å². The van der Waals surface area contributed by atoms with Crippen molar-refractivity contribution < 1.29 is 4.79 Å². The first kappa shape index (κ1) is 12.6. The molecule has 1 aliphatic carbocycles. The van der Waals surface area contributed by atoms with Crippen molar-refractivity contribution in [2.75, 3.05) is 0 Å². The van der Waals surface area contributed by atoms with E-state index in [0.717, 1.165) is 31.4 Å². The lowest BCUT2D eigenvalue weighted by Crippen LogP contribution is -2.45. The van der Waals surface area contributed by atoms with Crippen LogP contribution in [0.2, 0.25) is 0 Å². The highest BCUT2D eigenvalue weighted by Gasteiger charge is 2.36. The highest BCUT2D eigenvalue weighted by atomic mass is 16.1. The molecule has 5 heteroatoms. The summed E-state index contributed by atoms with van der Waals surface area (Å²) in [6, 6.07) is 2.26. The van der Waals surface area contributed by atoms with Crippen LogP contribution in [0.25, 0.3) is 0 Å². The summed E-state index contributed by atoms with van der Waals surface area (Å²) < 4.78 is 1.64. The number of carbonyl (C=O) groups excluding carboxylic acids is 1. The SMILES string of the molecule is CCc1nn(C)cc1C(=O)NC1(C#N)CCCC1. The van der Waals surface area contributed by atoms with E-state index in [4.69, 9.17) is 0 Å². The summed E-state index contributed by atoms with van der Waals surface area (Å²) in [5, 5.41) is 16.4. The second kappa shape index (κ2) is 4.81. The van der Waals surface area contributed by atoms with Crippen LogP contribution in [0, 0.1) is 11.3 Å². The quantitative estimate of drug-likeness (QED) is 0.879. The van der Waals surface area contributed by atoms with Gasteiger partial charge in [-0.2, -0.15) is 10.4 Å². The van der Waals surface area contributed by atoms with E-state index >= 15 is 0 Å². The van der Waals surface area contributed by atoms with E-state index < -0.39 is 5.54 Å². The second-order valence-electron chi connectivity index (χ2n) is 4.87. The highest BCUT2D eigenvalue weighted by molar-refractivity contribution is 5.95. The van der Waals surface area contributed by atoms with Gasteiger partial charge in [-0.3, -0.25) is 9.48 Å². The fraction of sp³-hybridized carbons (Fsp3) is 0.615. The number of nitrogens with zero attached hydrogens (tertiary/aromatic N) is 3. The molecule has 5 nitrogen and oxygen atoms in total. The molecule has 1 saturated carbocycles. The number of aromatic nitrogens is 2. The minimum absolute atomic E-state index is 0.177. The van der Waals surface area contributed by atoms with Crippen molar-refractivity contribution in [1.82, 2.24) is 15.1 Å². The molecular formula is C13H18N4O. The molecule has 1 fully saturated rings. The van der Waals surface area contributed by atoms with Crippen LogP contribution in [0.1, 0.15) is 48.7 Å². The Morgan fingerprint density at radius 1 is 1.61 bits per heavy atom. The van der Waals surface area contributed by atoms with Gasteiger partial charge in [-0.25, -0.2) is 0 Å². The molecule has 1 amide bonds. The smallest absolute Gasteiger partial charge is 0.256 e. The molecule has 1 aromatic heterocycles. The molecule has 18 heavy (non-hydrogen) atoms. The van der Waals surface area contributed by atoms with Crippen LogP contribution < -0.4 is 5.32 Å². The summed E-state index contributed by atoms with van der Waals surface area (Å²) in [5.41, 5.74) is 0.695. The third-order valence-electron chi connectivity index (χ3n) is 3.51. The van der Waals surface area contributed by atoms with Gasteiger partial charge in [0, 0.05) is 13.2 Å². The summed E-state index contributed by atoms with van der Waals surface area (Å²) in [6.07, 6.45) is 5.92. The molecule has 1 heterocycles. The van der Waals surface area contributed by atoms with Gasteiger partial charge in [0.05, 0.1) is 17.3 Å². The maximum atomic E-state index is 12.2. The van der Waals surface area contributed by atoms with E-state index in [1.165, 1.54) is 0 Å². The Hall–Kier alpha value is -1.83. The van der Waals surface area contributed by atoms with E-state index in [0.29, 0.717) is 12.0 Å². The van der Waals surface area contributed by atoms with Gasteiger partial charge in [0.25, 0.3) is 5.91 Å². The molecule has 0 spiro atoms. The maximum Gasteiger partial charge on any atom is 0.256 e.